The van der Waals surface area contributed by atoms with Crippen molar-refractivity contribution in [2.75, 3.05) is 6.61 Å². The molecule has 0 aromatic rings. The molecule has 3 atom stereocenters. The van der Waals surface area contributed by atoms with Crippen molar-refractivity contribution in [1.82, 2.24) is 0 Å². The number of esters is 4. The van der Waals surface area contributed by atoms with E-state index >= 15 is 0 Å². The summed E-state index contributed by atoms with van der Waals surface area (Å²) in [6.45, 7) is 15.1. The first kappa shape index (κ1) is 53.0. The molecule has 0 aliphatic rings. The first-order chi connectivity index (χ1) is 24.4. The fourth-order valence-electron chi connectivity index (χ4n) is 5.48. The highest BCUT2D eigenvalue weighted by atomic mass is 19.4. The van der Waals surface area contributed by atoms with Crippen LogP contribution in [-0.4, -0.2) is 83.7 Å². The number of ether oxygens (including phenoxy) is 4. The van der Waals surface area contributed by atoms with Crippen LogP contribution in [0.15, 0.2) is 0 Å². The largest absolute Gasteiger partial charge is 0.462 e. The quantitative estimate of drug-likeness (QED) is 0.0867. The molecule has 0 rings (SSSR count). The standard InChI is InChI=1S/C35H52F12O9/c1-13-29(11,25(51)54-20(14-19(2)3)15-31(52,34(42,43)44)35(45,46)47)18-30(12,17-27(7,8)23(49)56-28(9,10)26(4,5)6)24(50)53-16-21(48)55-22(32(36,37)38)33(39,40)41/h19-20,22,52H,13-18H2,1-12H3. The summed E-state index contributed by atoms with van der Waals surface area (Å²) in [5.41, 5.74) is -13.2. The van der Waals surface area contributed by atoms with E-state index < -0.39 is 132 Å². The van der Waals surface area contributed by atoms with Gasteiger partial charge in [0.05, 0.1) is 16.2 Å². The maximum atomic E-state index is 13.7. The summed E-state index contributed by atoms with van der Waals surface area (Å²) >= 11 is 0. The molecule has 0 radical (unpaired) electrons. The van der Waals surface area contributed by atoms with Crippen molar-refractivity contribution in [1.29, 1.82) is 0 Å². The SMILES string of the molecule is CCC(C)(CC(C)(CC(C)(C)C(=O)OC(C)(C)C(C)(C)C)C(=O)OCC(=O)OC(C(F)(F)F)C(F)(F)F)C(=O)OC(CC(C)C)CC(O)(C(F)(F)F)C(F)(F)F. The van der Waals surface area contributed by atoms with Crippen LogP contribution in [0, 0.1) is 27.6 Å². The number of alkyl halides is 12. The summed E-state index contributed by atoms with van der Waals surface area (Å²) < 4.78 is 179. The van der Waals surface area contributed by atoms with Gasteiger partial charge in [0, 0.05) is 11.8 Å². The number of hydrogen-bond donors (Lipinski definition) is 1. The van der Waals surface area contributed by atoms with E-state index in [2.05, 4.69) is 4.74 Å². The molecule has 0 aliphatic heterocycles. The lowest BCUT2D eigenvalue weighted by Gasteiger charge is -2.43. The van der Waals surface area contributed by atoms with E-state index in [1.807, 2.05) is 0 Å². The Morgan fingerprint density at radius 3 is 1.43 bits per heavy atom. The van der Waals surface area contributed by atoms with Gasteiger partial charge < -0.3 is 24.1 Å². The molecule has 21 heteroatoms. The van der Waals surface area contributed by atoms with Gasteiger partial charge in [-0.2, -0.15) is 52.7 Å². The van der Waals surface area contributed by atoms with Gasteiger partial charge in [0.25, 0.3) is 11.7 Å². The van der Waals surface area contributed by atoms with E-state index in [0.29, 0.717) is 0 Å². The topological polar surface area (TPSA) is 125 Å². The third-order valence-corrected chi connectivity index (χ3v) is 9.72. The average Bonchev–Trinajstić information content (AvgIpc) is 2.94. The fourth-order valence-corrected chi connectivity index (χ4v) is 5.48. The highest BCUT2D eigenvalue weighted by Crippen LogP contribution is 2.49. The molecule has 330 valence electrons. The summed E-state index contributed by atoms with van der Waals surface area (Å²) in [5, 5.41) is 9.85. The van der Waals surface area contributed by atoms with Gasteiger partial charge >= 0.3 is 48.6 Å². The average molecular weight is 845 g/mol. The van der Waals surface area contributed by atoms with Gasteiger partial charge in [0.1, 0.15) is 11.7 Å². The van der Waals surface area contributed by atoms with E-state index in [1.54, 1.807) is 34.6 Å². The van der Waals surface area contributed by atoms with E-state index in [-0.39, 0.29) is 6.42 Å². The molecule has 9 nitrogen and oxygen atoms in total. The van der Waals surface area contributed by atoms with Crippen LogP contribution in [0.4, 0.5) is 52.7 Å². The van der Waals surface area contributed by atoms with E-state index in [9.17, 15) is 77.0 Å². The molecule has 0 aromatic carbocycles. The summed E-state index contributed by atoms with van der Waals surface area (Å²) in [4.78, 5) is 53.1. The van der Waals surface area contributed by atoms with Gasteiger partial charge in [0.15, 0.2) is 6.61 Å². The number of aliphatic hydroxyl groups is 1. The lowest BCUT2D eigenvalue weighted by atomic mass is 9.65. The minimum atomic E-state index is -6.27. The molecule has 0 heterocycles. The Kier molecular flexibility index (Phi) is 16.5. The Morgan fingerprint density at radius 1 is 0.625 bits per heavy atom. The summed E-state index contributed by atoms with van der Waals surface area (Å²) in [6.07, 6.45) is -36.3. The molecule has 0 spiro atoms. The zero-order chi connectivity index (χ0) is 45.1. The second-order valence-electron chi connectivity index (χ2n) is 17.1. The molecular weight excluding hydrogens is 792 g/mol. The molecule has 3 unspecified atom stereocenters. The highest BCUT2D eigenvalue weighted by Gasteiger charge is 2.71. The molecule has 0 amide bonds. The minimum absolute atomic E-state index is 0.380. The van der Waals surface area contributed by atoms with Crippen molar-refractivity contribution in [2.45, 2.75) is 163 Å². The Hall–Kier alpha value is -3.00. The van der Waals surface area contributed by atoms with Crippen molar-refractivity contribution < 1.29 is 95.9 Å². The summed E-state index contributed by atoms with van der Waals surface area (Å²) in [6, 6.07) is 0. The second kappa shape index (κ2) is 17.5. The first-order valence-electron chi connectivity index (χ1n) is 17.2. The second-order valence-corrected chi connectivity index (χ2v) is 17.1. The molecule has 0 bridgehead atoms. The Balaban J connectivity index is 7.05. The smallest absolute Gasteiger partial charge is 0.434 e. The Bertz CT molecular complexity index is 1350. The third kappa shape index (κ3) is 13.8. The summed E-state index contributed by atoms with van der Waals surface area (Å²) in [5.74, 6) is -7.03. The van der Waals surface area contributed by atoms with Crippen LogP contribution in [0.1, 0.15) is 115 Å². The van der Waals surface area contributed by atoms with Gasteiger partial charge in [0.2, 0.25) is 0 Å². The number of halogens is 12. The minimum Gasteiger partial charge on any atom is -0.462 e. The summed E-state index contributed by atoms with van der Waals surface area (Å²) in [7, 11) is 0. The van der Waals surface area contributed by atoms with Crippen LogP contribution in [0.3, 0.4) is 0 Å². The molecule has 1 N–H and O–H groups in total. The number of carbonyl (C=O) groups is 4. The maximum absolute atomic E-state index is 13.7. The van der Waals surface area contributed by atoms with Crippen LogP contribution in [0.5, 0.6) is 0 Å². The Labute approximate surface area is 317 Å². The third-order valence-electron chi connectivity index (χ3n) is 9.72. The van der Waals surface area contributed by atoms with E-state index in [4.69, 9.17) is 14.2 Å². The first-order valence-corrected chi connectivity index (χ1v) is 17.2. The Morgan fingerprint density at radius 2 is 1.07 bits per heavy atom. The van der Waals surface area contributed by atoms with Gasteiger partial charge in [-0.05, 0) is 73.1 Å². The molecule has 0 fully saturated rings. The number of hydrogen-bond acceptors (Lipinski definition) is 9. The van der Waals surface area contributed by atoms with Crippen LogP contribution in [0.25, 0.3) is 0 Å². The van der Waals surface area contributed by atoms with Gasteiger partial charge in [-0.25, -0.2) is 4.79 Å². The van der Waals surface area contributed by atoms with E-state index in [1.165, 1.54) is 34.6 Å². The lowest BCUT2D eigenvalue weighted by Crippen LogP contribution is -2.59. The molecule has 0 saturated heterocycles. The van der Waals surface area contributed by atoms with Crippen molar-refractivity contribution in [2.24, 2.45) is 27.6 Å². The van der Waals surface area contributed by atoms with Crippen LogP contribution < -0.4 is 0 Å². The van der Waals surface area contributed by atoms with Gasteiger partial charge in [-0.15, -0.1) is 0 Å². The highest BCUT2D eigenvalue weighted by molar-refractivity contribution is 5.84. The fraction of sp³-hybridized carbons (Fsp3) is 0.886. The van der Waals surface area contributed by atoms with E-state index in [0.717, 1.165) is 13.8 Å². The molecule has 0 aromatic heterocycles. The van der Waals surface area contributed by atoms with Crippen molar-refractivity contribution in [3.63, 3.8) is 0 Å². The van der Waals surface area contributed by atoms with Crippen LogP contribution in [-0.2, 0) is 38.1 Å². The van der Waals surface area contributed by atoms with Gasteiger partial charge in [-0.1, -0.05) is 41.5 Å². The number of carbonyl (C=O) groups excluding carboxylic acids is 4. The lowest BCUT2D eigenvalue weighted by molar-refractivity contribution is -0.374. The predicted molar refractivity (Wildman–Crippen MR) is 173 cm³/mol. The zero-order valence-corrected chi connectivity index (χ0v) is 33.2. The molecule has 0 aliphatic carbocycles. The zero-order valence-electron chi connectivity index (χ0n) is 33.2. The monoisotopic (exact) mass is 844 g/mol. The van der Waals surface area contributed by atoms with Crippen molar-refractivity contribution in [3.8, 4) is 0 Å². The van der Waals surface area contributed by atoms with Crippen molar-refractivity contribution in [3.05, 3.63) is 0 Å². The molecule has 56 heavy (non-hydrogen) atoms. The normalized spacial score (nSPS) is 16.8. The van der Waals surface area contributed by atoms with Gasteiger partial charge in [-0.3, -0.25) is 14.4 Å². The van der Waals surface area contributed by atoms with Crippen LogP contribution >= 0.6 is 0 Å². The number of rotatable bonds is 17. The van der Waals surface area contributed by atoms with Crippen molar-refractivity contribution >= 4 is 23.9 Å². The maximum Gasteiger partial charge on any atom is 0.434 e. The van der Waals surface area contributed by atoms with Crippen LogP contribution in [0.2, 0.25) is 0 Å². The predicted octanol–water partition coefficient (Wildman–Crippen LogP) is 9.37. The molecule has 0 saturated carbocycles. The molecular formula is C35H52F12O9.